The smallest absolute Gasteiger partial charge is 0.284 e. The lowest BCUT2D eigenvalue weighted by molar-refractivity contribution is -0.393. The number of benzene rings is 6. The molecule has 0 saturated heterocycles. The van der Waals surface area contributed by atoms with Gasteiger partial charge in [-0.05, 0) is 41.5 Å². The Labute approximate surface area is 250 Å². The van der Waals surface area contributed by atoms with Crippen molar-refractivity contribution in [2.24, 2.45) is 0 Å². The molecule has 0 fully saturated rings. The third-order valence-corrected chi connectivity index (χ3v) is 7.81. The summed E-state index contributed by atoms with van der Waals surface area (Å²) in [6.45, 7) is 0. The number of para-hydroxylation sites is 2. The van der Waals surface area contributed by atoms with E-state index >= 15 is 0 Å². The van der Waals surface area contributed by atoms with E-state index in [0.29, 0.717) is 22.3 Å². The third-order valence-electron chi connectivity index (χ3n) is 7.81. The van der Waals surface area contributed by atoms with E-state index in [4.69, 9.17) is 0 Å². The van der Waals surface area contributed by atoms with E-state index in [2.05, 4.69) is 70.6 Å². The van der Waals surface area contributed by atoms with Crippen LogP contribution in [0.2, 0.25) is 0 Å². The van der Waals surface area contributed by atoms with Gasteiger partial charge in [0.25, 0.3) is 11.4 Å². The maximum atomic E-state index is 11.4. The van der Waals surface area contributed by atoms with Crippen LogP contribution < -0.4 is 0 Å². The molecular weight excluding hydrogens is 552 g/mol. The van der Waals surface area contributed by atoms with E-state index in [1.807, 2.05) is 0 Å². The van der Waals surface area contributed by atoms with Gasteiger partial charge in [0.15, 0.2) is 0 Å². The van der Waals surface area contributed by atoms with Crippen LogP contribution in [0, 0.1) is 20.2 Å². The highest BCUT2D eigenvalue weighted by atomic mass is 16.6. The number of H-pyrrole nitrogens is 2. The van der Waals surface area contributed by atoms with Crippen LogP contribution in [0.15, 0.2) is 133 Å². The minimum atomic E-state index is -0.593. The summed E-state index contributed by atoms with van der Waals surface area (Å²) in [7, 11) is 0. The number of hydrogen-bond donors (Lipinski definition) is 2. The number of nitrogens with one attached hydrogen (secondary N) is 2. The molecule has 8 nitrogen and oxygen atoms in total. The molecule has 0 atom stereocenters. The van der Waals surface area contributed by atoms with E-state index < -0.39 is 9.85 Å². The van der Waals surface area contributed by atoms with Crippen molar-refractivity contribution >= 4 is 55.0 Å². The Bertz CT molecular complexity index is 2180. The molecule has 8 rings (SSSR count). The molecule has 8 heteroatoms. The van der Waals surface area contributed by atoms with Crippen LogP contribution in [0.5, 0.6) is 0 Å². The zero-order chi connectivity index (χ0) is 30.2. The van der Waals surface area contributed by atoms with Gasteiger partial charge in [0.2, 0.25) is 0 Å². The minimum absolute atomic E-state index is 0.285. The fraction of sp³-hybridized carbons (Fsp3) is 0. The van der Waals surface area contributed by atoms with E-state index in [-0.39, 0.29) is 11.4 Å². The highest BCUT2D eigenvalue weighted by Gasteiger charge is 2.25. The first kappa shape index (κ1) is 26.6. The Kier molecular flexibility index (Phi) is 6.56. The van der Waals surface area contributed by atoms with Crippen LogP contribution in [0.25, 0.3) is 65.9 Å². The monoisotopic (exact) mass is 576 g/mol. The lowest BCUT2D eigenvalue weighted by atomic mass is 9.96. The summed E-state index contributed by atoms with van der Waals surface area (Å²) < 4.78 is 0. The predicted octanol–water partition coefficient (Wildman–Crippen LogP) is 9.79. The van der Waals surface area contributed by atoms with Crippen LogP contribution in [-0.4, -0.2) is 19.8 Å². The van der Waals surface area contributed by atoms with Crippen LogP contribution in [-0.2, 0) is 0 Å². The summed E-state index contributed by atoms with van der Waals surface area (Å²) in [5, 5.41) is 28.0. The maximum absolute atomic E-state index is 11.4. The molecule has 2 heterocycles. The number of rotatable bonds is 4. The van der Waals surface area contributed by atoms with Gasteiger partial charge in [-0.1, -0.05) is 97.1 Å². The summed E-state index contributed by atoms with van der Waals surface area (Å²) in [6.07, 6.45) is 0. The second kappa shape index (κ2) is 10.8. The first-order valence-electron chi connectivity index (χ1n) is 14.0. The predicted molar refractivity (Wildman–Crippen MR) is 176 cm³/mol. The Morgan fingerprint density at radius 1 is 0.409 bits per heavy atom. The zero-order valence-electron chi connectivity index (χ0n) is 23.2. The molecule has 44 heavy (non-hydrogen) atoms. The van der Waals surface area contributed by atoms with E-state index in [9.17, 15) is 20.2 Å². The van der Waals surface area contributed by atoms with Crippen molar-refractivity contribution in [2.45, 2.75) is 0 Å². The molecular formula is C36H24N4O4. The first-order valence-corrected chi connectivity index (χ1v) is 14.0. The summed E-state index contributed by atoms with van der Waals surface area (Å²) >= 11 is 0. The molecule has 0 aliphatic rings. The number of fused-ring (bicyclic) bond motifs is 6. The van der Waals surface area contributed by atoms with Gasteiger partial charge in [-0.3, -0.25) is 20.2 Å². The fourth-order valence-electron chi connectivity index (χ4n) is 5.77. The molecule has 0 spiro atoms. The van der Waals surface area contributed by atoms with Crippen molar-refractivity contribution < 1.29 is 9.85 Å². The number of aromatic amines is 2. The molecule has 0 radical (unpaired) electrons. The summed E-state index contributed by atoms with van der Waals surface area (Å²) in [6, 6.07) is 41.6. The van der Waals surface area contributed by atoms with Crippen LogP contribution >= 0.6 is 0 Å². The van der Waals surface area contributed by atoms with Gasteiger partial charge in [0.05, 0.1) is 27.0 Å². The van der Waals surface area contributed by atoms with Crippen molar-refractivity contribution in [1.29, 1.82) is 0 Å². The van der Waals surface area contributed by atoms with Crippen LogP contribution in [0.3, 0.4) is 0 Å². The lowest BCUT2D eigenvalue weighted by Gasteiger charge is -2.08. The standard InChI is InChI=1S/C18H12N2O4.C18H12N2/c21-19(22)17-12-18(20(23)24)16(14-9-5-2-6-10-14)11-15(17)13-7-3-1-4-8-13;1-3-7-15-11(5-1)13-9-14-12-6-2-4-8-16(12)20-18(14)10-17(13)19-15/h1-12H;1-10,19-20H. The molecule has 212 valence electrons. The second-order valence-corrected chi connectivity index (χ2v) is 10.4. The fourth-order valence-corrected chi connectivity index (χ4v) is 5.77. The van der Waals surface area contributed by atoms with Crippen LogP contribution in [0.1, 0.15) is 0 Å². The lowest BCUT2D eigenvalue weighted by Crippen LogP contribution is -1.98. The molecule has 0 unspecified atom stereocenters. The molecule has 0 aliphatic carbocycles. The highest BCUT2D eigenvalue weighted by Crippen LogP contribution is 2.40. The van der Waals surface area contributed by atoms with Crippen LogP contribution in [0.4, 0.5) is 11.4 Å². The number of aromatic nitrogens is 2. The van der Waals surface area contributed by atoms with Gasteiger partial charge >= 0.3 is 0 Å². The number of hydrogen-bond acceptors (Lipinski definition) is 4. The summed E-state index contributed by atoms with van der Waals surface area (Å²) in [5.41, 5.74) is 6.16. The first-order chi connectivity index (χ1) is 21.5. The molecule has 6 aromatic carbocycles. The highest BCUT2D eigenvalue weighted by molar-refractivity contribution is 6.17. The van der Waals surface area contributed by atoms with Gasteiger partial charge in [0.1, 0.15) is 0 Å². The molecule has 2 N–H and O–H groups in total. The average molecular weight is 577 g/mol. The largest absolute Gasteiger partial charge is 0.354 e. The molecule has 0 amide bonds. The Balaban J connectivity index is 0.000000144. The number of nitro groups is 2. The SMILES string of the molecule is O=[N+]([O-])c1cc([N+](=O)[O-])c(-c2ccccc2)cc1-c1ccccc1.c1ccc2c(c1)[nH]c1cc3[nH]c4ccccc4c3cc12. The third kappa shape index (κ3) is 4.70. The number of nitrogens with zero attached hydrogens (tertiary/aromatic N) is 2. The van der Waals surface area contributed by atoms with Crippen molar-refractivity contribution in [3.8, 4) is 22.3 Å². The van der Waals surface area contributed by atoms with Crippen molar-refractivity contribution in [2.75, 3.05) is 0 Å². The Morgan fingerprint density at radius 2 is 0.818 bits per heavy atom. The van der Waals surface area contributed by atoms with E-state index in [1.54, 1.807) is 60.7 Å². The van der Waals surface area contributed by atoms with Gasteiger partial charge in [-0.2, -0.15) is 0 Å². The molecule has 0 bridgehead atoms. The number of nitro benzene ring substituents is 2. The zero-order valence-corrected chi connectivity index (χ0v) is 23.2. The van der Waals surface area contributed by atoms with Gasteiger partial charge in [-0.15, -0.1) is 0 Å². The molecule has 0 saturated carbocycles. The van der Waals surface area contributed by atoms with Gasteiger partial charge in [-0.25, -0.2) is 0 Å². The quantitative estimate of drug-likeness (QED) is 0.160. The normalized spacial score (nSPS) is 11.1. The van der Waals surface area contributed by atoms with E-state index in [1.165, 1.54) is 49.7 Å². The van der Waals surface area contributed by atoms with Gasteiger partial charge in [0, 0.05) is 43.6 Å². The van der Waals surface area contributed by atoms with Crippen molar-refractivity contribution in [3.05, 3.63) is 154 Å². The molecule has 0 aliphatic heterocycles. The van der Waals surface area contributed by atoms with E-state index in [0.717, 1.165) is 6.07 Å². The summed E-state index contributed by atoms with van der Waals surface area (Å²) in [4.78, 5) is 28.6. The van der Waals surface area contributed by atoms with Crippen molar-refractivity contribution in [3.63, 3.8) is 0 Å². The summed E-state index contributed by atoms with van der Waals surface area (Å²) in [5.74, 6) is 0. The van der Waals surface area contributed by atoms with Crippen molar-refractivity contribution in [1.82, 2.24) is 9.97 Å². The van der Waals surface area contributed by atoms with Gasteiger partial charge < -0.3 is 9.97 Å². The average Bonchev–Trinajstić information content (AvgIpc) is 3.61. The molecule has 2 aromatic heterocycles. The minimum Gasteiger partial charge on any atom is -0.354 e. The second-order valence-electron chi connectivity index (χ2n) is 10.4. The Morgan fingerprint density at radius 3 is 1.25 bits per heavy atom. The topological polar surface area (TPSA) is 118 Å². The maximum Gasteiger partial charge on any atom is 0.284 e. The molecule has 8 aromatic rings. The Hall–Kier alpha value is -6.28.